The first-order chi connectivity index (χ1) is 16.0. The van der Waals surface area contributed by atoms with Crippen molar-refractivity contribution in [3.8, 4) is 5.69 Å². The minimum atomic E-state index is -4.53. The van der Waals surface area contributed by atoms with E-state index < -0.39 is 29.6 Å². The summed E-state index contributed by atoms with van der Waals surface area (Å²) in [4.78, 5) is 28.8. The van der Waals surface area contributed by atoms with Gasteiger partial charge in [-0.05, 0) is 48.4 Å². The molecule has 0 radical (unpaired) electrons. The van der Waals surface area contributed by atoms with Crippen molar-refractivity contribution in [3.63, 3.8) is 0 Å². The Morgan fingerprint density at radius 3 is 2.38 bits per heavy atom. The summed E-state index contributed by atoms with van der Waals surface area (Å²) in [5, 5.41) is 11.9. The van der Waals surface area contributed by atoms with E-state index in [0.29, 0.717) is 5.69 Å². The van der Waals surface area contributed by atoms with Gasteiger partial charge in [0.15, 0.2) is 0 Å². The SMILES string of the molecule is CC(C)[C@H](Nc1ccc(C(F)(F)F)cc1Cl)C(=O)NCC(=O)Nc1ccc(-n2cncn2)cc1. The van der Waals surface area contributed by atoms with Crippen LogP contribution in [0.1, 0.15) is 19.4 Å². The molecule has 1 heterocycles. The van der Waals surface area contributed by atoms with Gasteiger partial charge in [0.1, 0.15) is 18.7 Å². The fourth-order valence-electron chi connectivity index (χ4n) is 3.03. The molecule has 0 saturated heterocycles. The Balaban J connectivity index is 1.57. The van der Waals surface area contributed by atoms with Crippen molar-refractivity contribution in [2.24, 2.45) is 5.92 Å². The quantitative estimate of drug-likeness (QED) is 0.437. The third-order valence-electron chi connectivity index (χ3n) is 4.81. The van der Waals surface area contributed by atoms with Gasteiger partial charge < -0.3 is 16.0 Å². The summed E-state index contributed by atoms with van der Waals surface area (Å²) in [6, 6.07) is 8.87. The molecule has 34 heavy (non-hydrogen) atoms. The molecule has 0 unspecified atom stereocenters. The lowest BCUT2D eigenvalue weighted by Crippen LogP contribution is -2.45. The molecule has 0 fully saturated rings. The molecule has 2 amide bonds. The Labute approximate surface area is 198 Å². The number of carbonyl (C=O) groups is 2. The maximum atomic E-state index is 12.8. The summed E-state index contributed by atoms with van der Waals surface area (Å²) >= 11 is 5.98. The van der Waals surface area contributed by atoms with Crippen molar-refractivity contribution in [1.82, 2.24) is 20.1 Å². The number of hydrogen-bond donors (Lipinski definition) is 3. The van der Waals surface area contributed by atoms with Crippen LogP contribution >= 0.6 is 11.6 Å². The van der Waals surface area contributed by atoms with Crippen LogP contribution < -0.4 is 16.0 Å². The molecule has 0 spiro atoms. The van der Waals surface area contributed by atoms with Gasteiger partial charge in [0.2, 0.25) is 11.8 Å². The zero-order valence-corrected chi connectivity index (χ0v) is 19.0. The molecule has 3 aromatic rings. The maximum Gasteiger partial charge on any atom is 0.416 e. The molecule has 3 rings (SSSR count). The second-order valence-electron chi connectivity index (χ2n) is 7.71. The number of aromatic nitrogens is 3. The lowest BCUT2D eigenvalue weighted by atomic mass is 10.0. The van der Waals surface area contributed by atoms with Crippen LogP contribution in [0.3, 0.4) is 0 Å². The number of benzene rings is 2. The van der Waals surface area contributed by atoms with Crippen molar-refractivity contribution in [2.75, 3.05) is 17.2 Å². The third-order valence-corrected chi connectivity index (χ3v) is 5.13. The number of nitrogens with one attached hydrogen (secondary N) is 3. The fourth-order valence-corrected chi connectivity index (χ4v) is 3.27. The molecule has 0 aliphatic rings. The molecule has 0 bridgehead atoms. The lowest BCUT2D eigenvalue weighted by molar-refractivity contribution is -0.137. The number of amides is 2. The predicted octanol–water partition coefficient (Wildman–Crippen LogP) is 4.13. The molecule has 2 aromatic carbocycles. The molecule has 1 aromatic heterocycles. The van der Waals surface area contributed by atoms with E-state index in [1.165, 1.54) is 12.4 Å². The molecular formula is C22H22ClF3N6O2. The highest BCUT2D eigenvalue weighted by atomic mass is 35.5. The number of halogens is 4. The van der Waals surface area contributed by atoms with Gasteiger partial charge in [0.05, 0.1) is 28.5 Å². The van der Waals surface area contributed by atoms with Crippen molar-refractivity contribution in [2.45, 2.75) is 26.1 Å². The van der Waals surface area contributed by atoms with Crippen LogP contribution in [0.2, 0.25) is 5.02 Å². The van der Waals surface area contributed by atoms with E-state index in [2.05, 4.69) is 26.0 Å². The molecular weight excluding hydrogens is 473 g/mol. The Morgan fingerprint density at radius 2 is 1.82 bits per heavy atom. The van der Waals surface area contributed by atoms with Gasteiger partial charge in [0, 0.05) is 5.69 Å². The van der Waals surface area contributed by atoms with Crippen molar-refractivity contribution in [1.29, 1.82) is 0 Å². The Kier molecular flexibility index (Phi) is 7.77. The lowest BCUT2D eigenvalue weighted by Gasteiger charge is -2.23. The number of alkyl halides is 3. The average molecular weight is 495 g/mol. The maximum absolute atomic E-state index is 12.8. The highest BCUT2D eigenvalue weighted by Gasteiger charge is 2.31. The van der Waals surface area contributed by atoms with E-state index in [9.17, 15) is 22.8 Å². The zero-order valence-electron chi connectivity index (χ0n) is 18.2. The van der Waals surface area contributed by atoms with Crippen molar-refractivity contribution < 1.29 is 22.8 Å². The monoisotopic (exact) mass is 494 g/mol. The topological polar surface area (TPSA) is 101 Å². The summed E-state index contributed by atoms with van der Waals surface area (Å²) in [6.45, 7) is 3.22. The molecule has 3 N–H and O–H groups in total. The minimum absolute atomic E-state index is 0.166. The Bertz CT molecular complexity index is 1130. The van der Waals surface area contributed by atoms with E-state index >= 15 is 0 Å². The van der Waals surface area contributed by atoms with Crippen LogP contribution in [-0.2, 0) is 15.8 Å². The predicted molar refractivity (Wildman–Crippen MR) is 122 cm³/mol. The third kappa shape index (κ3) is 6.47. The number of carbonyl (C=O) groups excluding carboxylic acids is 2. The fraction of sp³-hybridized carbons (Fsp3) is 0.273. The Morgan fingerprint density at radius 1 is 1.12 bits per heavy atom. The summed E-state index contributed by atoms with van der Waals surface area (Å²) in [5.74, 6) is -1.19. The van der Waals surface area contributed by atoms with E-state index in [1.807, 2.05) is 0 Å². The summed E-state index contributed by atoms with van der Waals surface area (Å²) in [7, 11) is 0. The first-order valence-corrected chi connectivity index (χ1v) is 10.6. The van der Waals surface area contributed by atoms with Crippen LogP contribution in [0.5, 0.6) is 0 Å². The highest BCUT2D eigenvalue weighted by Crippen LogP contribution is 2.34. The minimum Gasteiger partial charge on any atom is -0.372 e. The second kappa shape index (κ2) is 10.6. The molecule has 180 valence electrons. The van der Waals surface area contributed by atoms with Gasteiger partial charge in [-0.15, -0.1) is 0 Å². The largest absolute Gasteiger partial charge is 0.416 e. The standard InChI is InChI=1S/C22H22ClF3N6O2/c1-13(2)20(31-18-8-3-14(9-17(18)23)22(24,25)26)21(34)28-10-19(33)30-15-4-6-16(7-5-15)32-12-27-11-29-32/h3-9,11-13,20,31H,10H2,1-2H3,(H,28,34)(H,30,33)/t20-/m0/s1. The van der Waals surface area contributed by atoms with Crippen molar-refractivity contribution >= 4 is 34.8 Å². The second-order valence-corrected chi connectivity index (χ2v) is 8.12. The normalized spacial score (nSPS) is 12.3. The van der Waals surface area contributed by atoms with Crippen LogP contribution in [-0.4, -0.2) is 39.2 Å². The summed E-state index contributed by atoms with van der Waals surface area (Å²) < 4.78 is 40.1. The number of nitrogens with zero attached hydrogens (tertiary/aromatic N) is 3. The number of hydrogen-bond acceptors (Lipinski definition) is 5. The van der Waals surface area contributed by atoms with Gasteiger partial charge >= 0.3 is 6.18 Å². The highest BCUT2D eigenvalue weighted by molar-refractivity contribution is 6.33. The molecule has 0 aliphatic heterocycles. The van der Waals surface area contributed by atoms with E-state index in [0.717, 1.165) is 17.8 Å². The molecule has 1 atom stereocenters. The van der Waals surface area contributed by atoms with Crippen LogP contribution in [0.4, 0.5) is 24.5 Å². The summed E-state index contributed by atoms with van der Waals surface area (Å²) in [6.07, 6.45) is -1.58. The van der Waals surface area contributed by atoms with E-state index in [4.69, 9.17) is 11.6 Å². The van der Waals surface area contributed by atoms with Gasteiger partial charge in [-0.2, -0.15) is 18.3 Å². The van der Waals surface area contributed by atoms with Gasteiger partial charge in [-0.25, -0.2) is 9.67 Å². The average Bonchev–Trinajstić information content (AvgIpc) is 3.31. The van der Waals surface area contributed by atoms with Gasteiger partial charge in [-0.1, -0.05) is 25.4 Å². The molecule has 12 heteroatoms. The smallest absolute Gasteiger partial charge is 0.372 e. The Hall–Kier alpha value is -3.60. The van der Waals surface area contributed by atoms with Gasteiger partial charge in [0.25, 0.3) is 0 Å². The van der Waals surface area contributed by atoms with Crippen LogP contribution in [0.15, 0.2) is 55.1 Å². The van der Waals surface area contributed by atoms with E-state index in [1.54, 1.807) is 49.1 Å². The number of rotatable bonds is 8. The van der Waals surface area contributed by atoms with Crippen molar-refractivity contribution in [3.05, 3.63) is 65.7 Å². The first-order valence-electron chi connectivity index (χ1n) is 10.2. The molecule has 8 nitrogen and oxygen atoms in total. The van der Waals surface area contributed by atoms with Crippen LogP contribution in [0, 0.1) is 5.92 Å². The van der Waals surface area contributed by atoms with Gasteiger partial charge in [-0.3, -0.25) is 9.59 Å². The first kappa shape index (κ1) is 25.0. The van der Waals surface area contributed by atoms with E-state index in [-0.39, 0.29) is 23.2 Å². The molecule has 0 aliphatic carbocycles. The summed E-state index contributed by atoms with van der Waals surface area (Å²) in [5.41, 5.74) is 0.579. The number of anilines is 2. The zero-order chi connectivity index (χ0) is 24.9. The molecule has 0 saturated carbocycles. The van der Waals surface area contributed by atoms with Crippen LogP contribution in [0.25, 0.3) is 5.69 Å².